The lowest BCUT2D eigenvalue weighted by molar-refractivity contribution is -0.386. The van der Waals surface area contributed by atoms with Crippen molar-refractivity contribution in [2.24, 2.45) is 0 Å². The molecule has 1 rings (SSSR count). The molecule has 0 saturated carbocycles. The van der Waals surface area contributed by atoms with Crippen LogP contribution in [0, 0.1) is 10.1 Å². The van der Waals surface area contributed by atoms with E-state index in [0.717, 1.165) is 6.42 Å². The van der Waals surface area contributed by atoms with Crippen LogP contribution in [0.1, 0.15) is 26.2 Å². The van der Waals surface area contributed by atoms with Crippen LogP contribution >= 0.6 is 0 Å². The Morgan fingerprint density at radius 2 is 2.17 bits per heavy atom. The van der Waals surface area contributed by atoms with Crippen molar-refractivity contribution in [3.05, 3.63) is 34.4 Å². The average molecular weight is 253 g/mol. The van der Waals surface area contributed by atoms with Gasteiger partial charge in [0, 0.05) is 6.07 Å². The molecule has 0 amide bonds. The highest BCUT2D eigenvalue weighted by Gasteiger charge is 2.23. The predicted molar refractivity (Wildman–Crippen MR) is 64.7 cm³/mol. The average Bonchev–Trinajstić information content (AvgIpc) is 2.34. The zero-order valence-electron chi connectivity index (χ0n) is 10.0. The molecule has 0 saturated heterocycles. The minimum absolute atomic E-state index is 0.00833. The summed E-state index contributed by atoms with van der Waals surface area (Å²) in [6.07, 6.45) is 0.811. The van der Waals surface area contributed by atoms with E-state index < -0.39 is 17.0 Å². The molecule has 0 aromatic heterocycles. The second-order valence-corrected chi connectivity index (χ2v) is 3.81. The Morgan fingerprint density at radius 1 is 1.50 bits per heavy atom. The summed E-state index contributed by atoms with van der Waals surface area (Å²) in [5, 5.41) is 19.8. The fourth-order valence-electron chi connectivity index (χ4n) is 1.48. The molecule has 0 spiro atoms. The van der Waals surface area contributed by atoms with Crippen LogP contribution in [0.5, 0.6) is 5.75 Å². The number of hydrogen-bond acceptors (Lipinski definition) is 4. The smallest absolute Gasteiger partial charge is 0.344 e. The van der Waals surface area contributed by atoms with Gasteiger partial charge in [-0.15, -0.1) is 0 Å². The van der Waals surface area contributed by atoms with E-state index in [1.165, 1.54) is 18.2 Å². The summed E-state index contributed by atoms with van der Waals surface area (Å²) in [5.74, 6) is -1.12. The molecular formula is C12H15NO5. The third kappa shape index (κ3) is 3.73. The van der Waals surface area contributed by atoms with Gasteiger partial charge < -0.3 is 9.84 Å². The van der Waals surface area contributed by atoms with Gasteiger partial charge in [-0.05, 0) is 18.9 Å². The van der Waals surface area contributed by atoms with Crippen LogP contribution in [0.15, 0.2) is 24.3 Å². The molecule has 1 N–H and O–H groups in total. The van der Waals surface area contributed by atoms with Gasteiger partial charge in [-0.3, -0.25) is 10.1 Å². The zero-order chi connectivity index (χ0) is 13.5. The molecule has 0 bridgehead atoms. The number of nitrogens with zero attached hydrogens (tertiary/aromatic N) is 1. The second kappa shape index (κ2) is 6.58. The van der Waals surface area contributed by atoms with Crippen LogP contribution < -0.4 is 4.74 Å². The van der Waals surface area contributed by atoms with Crippen molar-refractivity contribution in [1.82, 2.24) is 0 Å². The minimum atomic E-state index is -1.11. The van der Waals surface area contributed by atoms with Crippen LogP contribution in [0.4, 0.5) is 5.69 Å². The van der Waals surface area contributed by atoms with Crippen molar-refractivity contribution in [2.75, 3.05) is 0 Å². The molecule has 1 aromatic carbocycles. The number of rotatable bonds is 7. The van der Waals surface area contributed by atoms with E-state index in [9.17, 15) is 14.9 Å². The van der Waals surface area contributed by atoms with Gasteiger partial charge in [0.1, 0.15) is 0 Å². The molecule has 0 aliphatic heterocycles. The number of nitro benzene ring substituents is 1. The molecule has 98 valence electrons. The number of unbranched alkanes of at least 4 members (excludes halogenated alkanes) is 1. The number of carboxylic acids is 1. The summed E-state index contributed by atoms with van der Waals surface area (Å²) in [5.41, 5.74) is -0.222. The molecule has 0 fully saturated rings. The first-order valence-corrected chi connectivity index (χ1v) is 5.69. The highest BCUT2D eigenvalue weighted by molar-refractivity contribution is 5.73. The molecule has 1 unspecified atom stereocenters. The van der Waals surface area contributed by atoms with Crippen molar-refractivity contribution < 1.29 is 19.6 Å². The Bertz CT molecular complexity index is 432. The fourth-order valence-corrected chi connectivity index (χ4v) is 1.48. The number of ether oxygens (including phenoxy) is 1. The van der Waals surface area contributed by atoms with Gasteiger partial charge in [0.05, 0.1) is 4.92 Å². The number of hydrogen-bond donors (Lipinski definition) is 1. The van der Waals surface area contributed by atoms with Crippen LogP contribution in [-0.2, 0) is 4.79 Å². The van der Waals surface area contributed by atoms with E-state index in [2.05, 4.69) is 0 Å². The number of nitro groups is 1. The number of para-hydroxylation sites is 2. The first kappa shape index (κ1) is 14.0. The van der Waals surface area contributed by atoms with Gasteiger partial charge in [0.25, 0.3) is 0 Å². The maximum Gasteiger partial charge on any atom is 0.344 e. The Balaban J connectivity index is 2.86. The second-order valence-electron chi connectivity index (χ2n) is 3.81. The number of benzene rings is 1. The van der Waals surface area contributed by atoms with E-state index >= 15 is 0 Å². The molecule has 0 heterocycles. The van der Waals surface area contributed by atoms with Crippen molar-refractivity contribution in [2.45, 2.75) is 32.3 Å². The molecule has 0 aliphatic rings. The Labute approximate surface area is 104 Å². The molecule has 18 heavy (non-hydrogen) atoms. The predicted octanol–water partition coefficient (Wildman–Crippen LogP) is 2.62. The SMILES string of the molecule is CCCCC(Oc1ccccc1[N+](=O)[O-])C(=O)O. The monoisotopic (exact) mass is 253 g/mol. The van der Waals surface area contributed by atoms with Gasteiger partial charge in [-0.2, -0.15) is 0 Å². The van der Waals surface area contributed by atoms with Gasteiger partial charge in [0.15, 0.2) is 11.9 Å². The molecule has 0 aliphatic carbocycles. The summed E-state index contributed by atoms with van der Waals surface area (Å²) in [6, 6.07) is 5.77. The molecule has 6 nitrogen and oxygen atoms in total. The summed E-state index contributed by atoms with van der Waals surface area (Å²) in [4.78, 5) is 21.2. The third-order valence-electron chi connectivity index (χ3n) is 2.43. The first-order valence-electron chi connectivity index (χ1n) is 5.69. The van der Waals surface area contributed by atoms with Crippen molar-refractivity contribution in [1.29, 1.82) is 0 Å². The molecule has 6 heteroatoms. The van der Waals surface area contributed by atoms with Crippen molar-refractivity contribution in [3.8, 4) is 5.75 Å². The quantitative estimate of drug-likeness (QED) is 0.595. The summed E-state index contributed by atoms with van der Waals surface area (Å²) >= 11 is 0. The normalized spacial score (nSPS) is 11.8. The molecule has 0 radical (unpaired) electrons. The van der Waals surface area contributed by atoms with E-state index in [-0.39, 0.29) is 11.4 Å². The lowest BCUT2D eigenvalue weighted by Gasteiger charge is -2.14. The fraction of sp³-hybridized carbons (Fsp3) is 0.417. The summed E-state index contributed by atoms with van der Waals surface area (Å²) in [7, 11) is 0. The van der Waals surface area contributed by atoms with Gasteiger partial charge >= 0.3 is 11.7 Å². The van der Waals surface area contributed by atoms with Gasteiger partial charge in [-0.1, -0.05) is 25.5 Å². The maximum atomic E-state index is 11.0. The Morgan fingerprint density at radius 3 is 2.72 bits per heavy atom. The third-order valence-corrected chi connectivity index (χ3v) is 2.43. The minimum Gasteiger partial charge on any atom is -0.479 e. The molecular weight excluding hydrogens is 238 g/mol. The highest BCUT2D eigenvalue weighted by Crippen LogP contribution is 2.27. The van der Waals surface area contributed by atoms with E-state index in [0.29, 0.717) is 12.8 Å². The van der Waals surface area contributed by atoms with Gasteiger partial charge in [-0.25, -0.2) is 4.79 Å². The Kier molecular flexibility index (Phi) is 5.10. The number of aliphatic carboxylic acids is 1. The van der Waals surface area contributed by atoms with E-state index in [1.54, 1.807) is 6.07 Å². The first-order chi connectivity index (χ1) is 8.56. The lowest BCUT2D eigenvalue weighted by atomic mass is 10.1. The molecule has 1 atom stereocenters. The highest BCUT2D eigenvalue weighted by atomic mass is 16.6. The van der Waals surface area contributed by atoms with E-state index in [4.69, 9.17) is 9.84 Å². The number of carbonyl (C=O) groups is 1. The van der Waals surface area contributed by atoms with Crippen molar-refractivity contribution in [3.63, 3.8) is 0 Å². The van der Waals surface area contributed by atoms with E-state index in [1.807, 2.05) is 6.92 Å². The summed E-state index contributed by atoms with van der Waals surface area (Å²) in [6.45, 7) is 1.93. The summed E-state index contributed by atoms with van der Waals surface area (Å²) < 4.78 is 5.23. The van der Waals surface area contributed by atoms with Crippen LogP contribution in [-0.4, -0.2) is 22.1 Å². The van der Waals surface area contributed by atoms with Gasteiger partial charge in [0.2, 0.25) is 0 Å². The van der Waals surface area contributed by atoms with Crippen molar-refractivity contribution >= 4 is 11.7 Å². The maximum absolute atomic E-state index is 11.0. The lowest BCUT2D eigenvalue weighted by Crippen LogP contribution is -2.27. The largest absolute Gasteiger partial charge is 0.479 e. The Hall–Kier alpha value is -2.11. The topological polar surface area (TPSA) is 89.7 Å². The van der Waals surface area contributed by atoms with Crippen LogP contribution in [0.25, 0.3) is 0 Å². The van der Waals surface area contributed by atoms with Crippen LogP contribution in [0.2, 0.25) is 0 Å². The van der Waals surface area contributed by atoms with Crippen LogP contribution in [0.3, 0.4) is 0 Å². The molecule has 1 aromatic rings. The standard InChI is InChI=1S/C12H15NO5/c1-2-3-7-11(12(14)15)18-10-8-5-4-6-9(10)13(16)17/h4-6,8,11H,2-3,7H2,1H3,(H,14,15). The zero-order valence-corrected chi connectivity index (χ0v) is 10.0. The number of carboxylic acid groups (broad SMARTS) is 1.